The first-order valence-corrected chi connectivity index (χ1v) is 11.0. The molecule has 0 unspecified atom stereocenters. The van der Waals surface area contributed by atoms with Gasteiger partial charge in [0.1, 0.15) is 5.01 Å². The molecule has 0 amide bonds. The lowest BCUT2D eigenvalue weighted by Crippen LogP contribution is -1.94. The number of hydrogen-bond donors (Lipinski definition) is 0. The van der Waals surface area contributed by atoms with Crippen LogP contribution in [0.4, 0.5) is 0 Å². The molecule has 0 atom stereocenters. The van der Waals surface area contributed by atoms with Crippen molar-refractivity contribution in [3.8, 4) is 11.5 Å². The molecule has 0 radical (unpaired) electrons. The van der Waals surface area contributed by atoms with Gasteiger partial charge in [-0.05, 0) is 29.3 Å². The second kappa shape index (κ2) is 9.11. The summed E-state index contributed by atoms with van der Waals surface area (Å²) >= 11 is 3.31. The Hall–Kier alpha value is -2.84. The molecule has 0 bridgehead atoms. The predicted molar refractivity (Wildman–Crippen MR) is 119 cm³/mol. The van der Waals surface area contributed by atoms with Gasteiger partial charge in [0.25, 0.3) is 0 Å². The molecule has 8 heteroatoms. The first-order valence-electron chi connectivity index (χ1n) is 8.99. The molecule has 2 aromatic heterocycles. The number of nitrogens with zero attached hydrogens (tertiary/aromatic N) is 4. The Morgan fingerprint density at radius 2 is 1.79 bits per heavy atom. The summed E-state index contributed by atoms with van der Waals surface area (Å²) in [6.45, 7) is 0. The van der Waals surface area contributed by atoms with Crippen LogP contribution in [0.2, 0.25) is 0 Å². The van der Waals surface area contributed by atoms with Gasteiger partial charge in [0.2, 0.25) is 4.96 Å². The van der Waals surface area contributed by atoms with Crippen molar-refractivity contribution in [2.24, 2.45) is 0 Å². The van der Waals surface area contributed by atoms with Crippen LogP contribution in [0.5, 0.6) is 11.5 Å². The maximum absolute atomic E-state index is 5.35. The van der Waals surface area contributed by atoms with E-state index in [1.165, 1.54) is 16.9 Å². The van der Waals surface area contributed by atoms with Crippen molar-refractivity contribution in [3.63, 3.8) is 0 Å². The van der Waals surface area contributed by atoms with Gasteiger partial charge in [-0.1, -0.05) is 53.8 Å². The lowest BCUT2D eigenvalue weighted by atomic mass is 10.2. The van der Waals surface area contributed by atoms with Crippen LogP contribution in [-0.4, -0.2) is 34.0 Å². The second-order valence-electron chi connectivity index (χ2n) is 6.18. The monoisotopic (exact) mass is 424 g/mol. The summed E-state index contributed by atoms with van der Waals surface area (Å²) in [5.74, 6) is 3.97. The van der Waals surface area contributed by atoms with Crippen LogP contribution < -0.4 is 9.47 Å². The molecule has 0 aliphatic carbocycles. The van der Waals surface area contributed by atoms with Gasteiger partial charge in [-0.2, -0.15) is 9.61 Å². The predicted octanol–water partition coefficient (Wildman–Crippen LogP) is 4.81. The average molecular weight is 425 g/mol. The average Bonchev–Trinajstić information content (AvgIpc) is 3.34. The summed E-state index contributed by atoms with van der Waals surface area (Å²) in [6, 6.07) is 16.2. The van der Waals surface area contributed by atoms with Crippen molar-refractivity contribution in [1.82, 2.24) is 19.8 Å². The summed E-state index contributed by atoms with van der Waals surface area (Å²) in [6.07, 6.45) is 3.97. The third kappa shape index (κ3) is 4.60. The number of ether oxygens (including phenoxy) is 2. The number of hydrogen-bond acceptors (Lipinski definition) is 7. The minimum absolute atomic E-state index is 0.700. The molecule has 6 nitrogen and oxygen atoms in total. The van der Waals surface area contributed by atoms with Crippen molar-refractivity contribution < 1.29 is 9.47 Å². The Kier molecular flexibility index (Phi) is 6.12. The maximum atomic E-state index is 5.35. The molecule has 2 aromatic carbocycles. The highest BCUT2D eigenvalue weighted by Crippen LogP contribution is 2.28. The molecular formula is C21H20N4O2S2. The van der Waals surface area contributed by atoms with Crippen molar-refractivity contribution in [1.29, 1.82) is 0 Å². The largest absolute Gasteiger partial charge is 0.493 e. The molecule has 4 aromatic rings. The van der Waals surface area contributed by atoms with E-state index in [4.69, 9.17) is 9.47 Å². The van der Waals surface area contributed by atoms with Crippen molar-refractivity contribution >= 4 is 40.2 Å². The summed E-state index contributed by atoms with van der Waals surface area (Å²) in [7, 11) is 3.26. The smallest absolute Gasteiger partial charge is 0.234 e. The standard InChI is InChI=1S/C21H20N4O2S2/c1-26-17-10-8-15(12-18(17)27-2)9-11-20-24-25-19(22-23-21(25)29-20)14-28-13-16-6-4-3-5-7-16/h3-12H,13-14H2,1-2H3. The lowest BCUT2D eigenvalue weighted by Gasteiger charge is -2.07. The van der Waals surface area contributed by atoms with Gasteiger partial charge in [-0.3, -0.25) is 0 Å². The van der Waals surface area contributed by atoms with Crippen LogP contribution in [0.1, 0.15) is 22.0 Å². The molecule has 0 saturated carbocycles. The third-order valence-electron chi connectivity index (χ3n) is 4.24. The Labute approximate surface area is 177 Å². The lowest BCUT2D eigenvalue weighted by molar-refractivity contribution is 0.355. The zero-order valence-corrected chi connectivity index (χ0v) is 17.7. The zero-order chi connectivity index (χ0) is 20.1. The molecule has 0 fully saturated rings. The van der Waals surface area contributed by atoms with Gasteiger partial charge in [0.15, 0.2) is 17.3 Å². The fourth-order valence-electron chi connectivity index (χ4n) is 2.79. The first kappa shape index (κ1) is 19.5. The molecule has 148 valence electrons. The third-order valence-corrected chi connectivity index (χ3v) is 6.10. The second-order valence-corrected chi connectivity index (χ2v) is 8.15. The SMILES string of the molecule is COc1ccc(C=Cc2nn3c(CSCc4ccccc4)nnc3s2)cc1OC. The molecule has 0 spiro atoms. The fourth-order valence-corrected chi connectivity index (χ4v) is 4.44. The van der Waals surface area contributed by atoms with E-state index in [2.05, 4.69) is 39.6 Å². The molecule has 2 heterocycles. The highest BCUT2D eigenvalue weighted by atomic mass is 32.2. The van der Waals surface area contributed by atoms with Crippen molar-refractivity contribution in [2.75, 3.05) is 14.2 Å². The Balaban J connectivity index is 1.45. The Bertz CT molecular complexity index is 1120. The fraction of sp³-hybridized carbons (Fsp3) is 0.190. The Morgan fingerprint density at radius 1 is 0.966 bits per heavy atom. The normalized spacial score (nSPS) is 11.4. The van der Waals surface area contributed by atoms with E-state index in [-0.39, 0.29) is 0 Å². The number of aromatic nitrogens is 4. The van der Waals surface area contributed by atoms with E-state index in [1.54, 1.807) is 26.0 Å². The first-order chi connectivity index (χ1) is 14.3. The summed E-state index contributed by atoms with van der Waals surface area (Å²) < 4.78 is 12.5. The van der Waals surface area contributed by atoms with Crippen LogP contribution in [0.3, 0.4) is 0 Å². The highest BCUT2D eigenvalue weighted by Gasteiger charge is 2.11. The van der Waals surface area contributed by atoms with Crippen LogP contribution in [-0.2, 0) is 11.5 Å². The van der Waals surface area contributed by atoms with Gasteiger partial charge >= 0.3 is 0 Å². The maximum Gasteiger partial charge on any atom is 0.234 e. The number of fused-ring (bicyclic) bond motifs is 1. The summed E-state index contributed by atoms with van der Waals surface area (Å²) in [5.41, 5.74) is 2.31. The molecule has 0 aliphatic heterocycles. The van der Waals surface area contributed by atoms with Gasteiger partial charge < -0.3 is 9.47 Å². The summed E-state index contributed by atoms with van der Waals surface area (Å²) in [4.78, 5) is 0.798. The number of rotatable bonds is 8. The van der Waals surface area contributed by atoms with E-state index in [1.807, 2.05) is 40.9 Å². The van der Waals surface area contributed by atoms with Crippen LogP contribution >= 0.6 is 23.1 Å². The minimum atomic E-state index is 0.700. The van der Waals surface area contributed by atoms with Crippen molar-refractivity contribution in [2.45, 2.75) is 11.5 Å². The van der Waals surface area contributed by atoms with E-state index < -0.39 is 0 Å². The number of methoxy groups -OCH3 is 2. The highest BCUT2D eigenvalue weighted by molar-refractivity contribution is 7.97. The van der Waals surface area contributed by atoms with Gasteiger partial charge in [0.05, 0.1) is 20.0 Å². The molecule has 0 saturated heterocycles. The molecule has 4 rings (SSSR count). The quantitative estimate of drug-likeness (QED) is 0.405. The minimum Gasteiger partial charge on any atom is -0.493 e. The van der Waals surface area contributed by atoms with E-state index in [0.717, 1.165) is 32.9 Å². The van der Waals surface area contributed by atoms with Gasteiger partial charge in [0, 0.05) is 5.75 Å². The van der Waals surface area contributed by atoms with Crippen LogP contribution in [0.15, 0.2) is 48.5 Å². The zero-order valence-electron chi connectivity index (χ0n) is 16.1. The topological polar surface area (TPSA) is 61.5 Å². The van der Waals surface area contributed by atoms with E-state index in [9.17, 15) is 0 Å². The van der Waals surface area contributed by atoms with Gasteiger partial charge in [-0.15, -0.1) is 22.0 Å². The molecule has 29 heavy (non-hydrogen) atoms. The van der Waals surface area contributed by atoms with E-state index in [0.29, 0.717) is 11.5 Å². The summed E-state index contributed by atoms with van der Waals surface area (Å²) in [5, 5.41) is 14.0. The van der Waals surface area contributed by atoms with Crippen LogP contribution in [0, 0.1) is 0 Å². The van der Waals surface area contributed by atoms with Gasteiger partial charge in [-0.25, -0.2) is 0 Å². The molecule has 0 aliphatic rings. The Morgan fingerprint density at radius 3 is 2.59 bits per heavy atom. The molecular weight excluding hydrogens is 404 g/mol. The van der Waals surface area contributed by atoms with Crippen LogP contribution in [0.25, 0.3) is 17.1 Å². The van der Waals surface area contributed by atoms with E-state index >= 15 is 0 Å². The number of thioether (sulfide) groups is 1. The molecule has 0 N–H and O–H groups in total. The van der Waals surface area contributed by atoms with Crippen molar-refractivity contribution in [3.05, 3.63) is 70.5 Å². The number of benzene rings is 2.